The summed E-state index contributed by atoms with van der Waals surface area (Å²) in [6, 6.07) is 8.10. The first-order valence-corrected chi connectivity index (χ1v) is 6.13. The number of nitrogens with one attached hydrogen (secondary N) is 1. The van der Waals surface area contributed by atoms with Crippen molar-refractivity contribution in [1.82, 2.24) is 5.32 Å². The van der Waals surface area contributed by atoms with Crippen molar-refractivity contribution in [1.29, 1.82) is 0 Å². The molecule has 0 aromatic heterocycles. The number of carbonyl (C=O) groups is 1. The summed E-state index contributed by atoms with van der Waals surface area (Å²) in [7, 11) is 1.38. The van der Waals surface area contributed by atoms with Crippen molar-refractivity contribution in [3.63, 3.8) is 0 Å². The number of hydrogen-bond donors (Lipinski definition) is 1. The van der Waals surface area contributed by atoms with Crippen LogP contribution in [0.25, 0.3) is 0 Å². The molecule has 1 rings (SSSR count). The lowest BCUT2D eigenvalue weighted by Crippen LogP contribution is -2.14. The molecule has 3 nitrogen and oxygen atoms in total. The number of carbonyl (C=O) groups excluding carboxylic acids is 1. The van der Waals surface area contributed by atoms with E-state index in [1.165, 1.54) is 12.7 Å². The molecule has 4 heteroatoms. The molecule has 0 aliphatic rings. The Kier molecular flexibility index (Phi) is 5.94. The molecule has 0 fully saturated rings. The Balaban J connectivity index is 2.36. The van der Waals surface area contributed by atoms with E-state index in [0.29, 0.717) is 12.1 Å². The van der Waals surface area contributed by atoms with E-state index in [0.717, 1.165) is 11.0 Å². The molecular weight excluding hydrogens is 282 g/mol. The van der Waals surface area contributed by atoms with E-state index >= 15 is 0 Å². The van der Waals surface area contributed by atoms with Gasteiger partial charge in [-0.3, -0.25) is 0 Å². The zero-order chi connectivity index (χ0) is 12.7. The fourth-order valence-corrected chi connectivity index (χ4v) is 1.78. The van der Waals surface area contributed by atoms with Crippen LogP contribution in [0, 0.1) is 0 Å². The lowest BCUT2D eigenvalue weighted by atomic mass is 10.2. The molecule has 0 aliphatic carbocycles. The number of hydrogen-bond acceptors (Lipinski definition) is 3. The Morgan fingerprint density at radius 3 is 2.94 bits per heavy atom. The third kappa shape index (κ3) is 5.15. The largest absolute Gasteiger partial charge is 0.466 e. The summed E-state index contributed by atoms with van der Waals surface area (Å²) in [5, 5.41) is 3.23. The number of ether oxygens (including phenoxy) is 1. The zero-order valence-electron chi connectivity index (χ0n) is 10.00. The van der Waals surface area contributed by atoms with E-state index in [1.807, 2.05) is 18.2 Å². The minimum atomic E-state index is -0.283. The minimum absolute atomic E-state index is 0.283. The molecule has 0 heterocycles. The SMILES string of the molecule is COC(=O)/C(C)=C/CNCc1cccc(Br)c1. The van der Waals surface area contributed by atoms with Crippen LogP contribution in [0.1, 0.15) is 12.5 Å². The molecule has 0 saturated heterocycles. The number of benzene rings is 1. The van der Waals surface area contributed by atoms with Gasteiger partial charge in [-0.25, -0.2) is 4.79 Å². The Hall–Kier alpha value is -1.13. The van der Waals surface area contributed by atoms with Crippen LogP contribution in [0.4, 0.5) is 0 Å². The van der Waals surface area contributed by atoms with Crippen molar-refractivity contribution < 1.29 is 9.53 Å². The third-order valence-electron chi connectivity index (χ3n) is 2.28. The fourth-order valence-electron chi connectivity index (χ4n) is 1.33. The van der Waals surface area contributed by atoms with E-state index in [4.69, 9.17) is 0 Å². The van der Waals surface area contributed by atoms with Crippen molar-refractivity contribution in [3.8, 4) is 0 Å². The molecule has 0 atom stereocenters. The van der Waals surface area contributed by atoms with Crippen molar-refractivity contribution in [3.05, 3.63) is 46.0 Å². The summed E-state index contributed by atoms with van der Waals surface area (Å²) in [6.45, 7) is 3.16. The molecule has 1 aromatic carbocycles. The topological polar surface area (TPSA) is 38.3 Å². The van der Waals surface area contributed by atoms with Crippen LogP contribution in [-0.2, 0) is 16.1 Å². The van der Waals surface area contributed by atoms with Gasteiger partial charge in [-0.05, 0) is 24.6 Å². The van der Waals surface area contributed by atoms with Gasteiger partial charge in [-0.15, -0.1) is 0 Å². The molecule has 0 spiro atoms. The van der Waals surface area contributed by atoms with Gasteiger partial charge < -0.3 is 10.1 Å². The van der Waals surface area contributed by atoms with E-state index in [1.54, 1.807) is 6.92 Å². The summed E-state index contributed by atoms with van der Waals surface area (Å²) in [6.07, 6.45) is 1.82. The van der Waals surface area contributed by atoms with Gasteiger partial charge in [0.1, 0.15) is 0 Å². The fraction of sp³-hybridized carbons (Fsp3) is 0.308. The highest BCUT2D eigenvalue weighted by molar-refractivity contribution is 9.10. The molecule has 92 valence electrons. The summed E-state index contributed by atoms with van der Waals surface area (Å²) in [5.41, 5.74) is 1.82. The summed E-state index contributed by atoms with van der Waals surface area (Å²) >= 11 is 3.42. The predicted molar refractivity (Wildman–Crippen MR) is 71.6 cm³/mol. The van der Waals surface area contributed by atoms with Crippen molar-refractivity contribution in [2.24, 2.45) is 0 Å². The maximum Gasteiger partial charge on any atom is 0.333 e. The average molecular weight is 298 g/mol. The molecule has 17 heavy (non-hydrogen) atoms. The molecule has 0 aliphatic heterocycles. The first kappa shape index (κ1) is 13.9. The number of rotatable bonds is 5. The molecule has 1 aromatic rings. The highest BCUT2D eigenvalue weighted by Crippen LogP contribution is 2.11. The second-order valence-corrected chi connectivity index (χ2v) is 4.56. The molecule has 1 N–H and O–H groups in total. The van der Waals surface area contributed by atoms with Crippen LogP contribution in [0.2, 0.25) is 0 Å². The monoisotopic (exact) mass is 297 g/mol. The Bertz CT molecular complexity index is 416. The van der Waals surface area contributed by atoms with Gasteiger partial charge in [0.15, 0.2) is 0 Å². The highest BCUT2D eigenvalue weighted by Gasteiger charge is 2.01. The van der Waals surface area contributed by atoms with Gasteiger partial charge in [-0.2, -0.15) is 0 Å². The second kappa shape index (κ2) is 7.25. The summed E-state index contributed by atoms with van der Waals surface area (Å²) in [5.74, 6) is -0.283. The van der Waals surface area contributed by atoms with Crippen LogP contribution in [0.5, 0.6) is 0 Å². The quantitative estimate of drug-likeness (QED) is 0.516. The molecule has 0 amide bonds. The number of methoxy groups -OCH3 is 1. The average Bonchev–Trinajstić information content (AvgIpc) is 2.33. The van der Waals surface area contributed by atoms with Gasteiger partial charge in [0.25, 0.3) is 0 Å². The first-order chi connectivity index (χ1) is 8.13. The van der Waals surface area contributed by atoms with Crippen LogP contribution < -0.4 is 5.32 Å². The lowest BCUT2D eigenvalue weighted by molar-refractivity contribution is -0.136. The standard InChI is InChI=1S/C13H16BrNO2/c1-10(13(16)17-2)6-7-15-9-11-4-3-5-12(14)8-11/h3-6,8,15H,7,9H2,1-2H3/b10-6+. The van der Waals surface area contributed by atoms with Crippen LogP contribution in [-0.4, -0.2) is 19.6 Å². The van der Waals surface area contributed by atoms with Crippen molar-refractivity contribution in [2.75, 3.05) is 13.7 Å². The van der Waals surface area contributed by atoms with Crippen molar-refractivity contribution >= 4 is 21.9 Å². The van der Waals surface area contributed by atoms with E-state index < -0.39 is 0 Å². The van der Waals surface area contributed by atoms with Gasteiger partial charge in [0, 0.05) is 23.1 Å². The Morgan fingerprint density at radius 1 is 1.53 bits per heavy atom. The van der Waals surface area contributed by atoms with Crippen molar-refractivity contribution in [2.45, 2.75) is 13.5 Å². The van der Waals surface area contributed by atoms with Gasteiger partial charge in [0.05, 0.1) is 7.11 Å². The normalized spacial score (nSPS) is 11.4. The second-order valence-electron chi connectivity index (χ2n) is 3.64. The van der Waals surface area contributed by atoms with E-state index in [9.17, 15) is 4.79 Å². The maximum atomic E-state index is 11.1. The first-order valence-electron chi connectivity index (χ1n) is 5.33. The zero-order valence-corrected chi connectivity index (χ0v) is 11.6. The molecular formula is C13H16BrNO2. The molecule has 0 radical (unpaired) electrons. The Morgan fingerprint density at radius 2 is 2.29 bits per heavy atom. The van der Waals surface area contributed by atoms with E-state index in [-0.39, 0.29) is 5.97 Å². The highest BCUT2D eigenvalue weighted by atomic mass is 79.9. The van der Waals surface area contributed by atoms with Gasteiger partial charge in [0.2, 0.25) is 0 Å². The van der Waals surface area contributed by atoms with Crippen LogP contribution in [0.15, 0.2) is 40.4 Å². The van der Waals surface area contributed by atoms with Crippen LogP contribution in [0.3, 0.4) is 0 Å². The van der Waals surface area contributed by atoms with Crippen LogP contribution >= 0.6 is 15.9 Å². The Labute approximate surface area is 110 Å². The smallest absolute Gasteiger partial charge is 0.333 e. The molecule has 0 saturated carbocycles. The minimum Gasteiger partial charge on any atom is -0.466 e. The molecule has 0 unspecified atom stereocenters. The van der Waals surface area contributed by atoms with E-state index in [2.05, 4.69) is 38.1 Å². The lowest BCUT2D eigenvalue weighted by Gasteiger charge is -2.03. The maximum absolute atomic E-state index is 11.1. The number of halogens is 1. The summed E-state index contributed by atoms with van der Waals surface area (Å²) in [4.78, 5) is 11.1. The predicted octanol–water partition coefficient (Wildman–Crippen LogP) is 2.66. The van der Waals surface area contributed by atoms with Gasteiger partial charge in [-0.1, -0.05) is 34.1 Å². The molecule has 0 bridgehead atoms. The summed E-state index contributed by atoms with van der Waals surface area (Å²) < 4.78 is 5.67. The number of esters is 1. The van der Waals surface area contributed by atoms with Gasteiger partial charge >= 0.3 is 5.97 Å². The third-order valence-corrected chi connectivity index (χ3v) is 2.77.